The van der Waals surface area contributed by atoms with Gasteiger partial charge in [-0.15, -0.1) is 0 Å². The van der Waals surface area contributed by atoms with Crippen molar-refractivity contribution in [1.29, 1.82) is 0 Å². The van der Waals surface area contributed by atoms with E-state index in [1.165, 1.54) is 11.8 Å². The van der Waals surface area contributed by atoms with Gasteiger partial charge in [-0.25, -0.2) is 9.59 Å². The molecule has 2 atom stereocenters. The number of likely N-dealkylation sites (tertiary alicyclic amines) is 1. The van der Waals surface area contributed by atoms with Crippen molar-refractivity contribution in [2.24, 2.45) is 0 Å². The van der Waals surface area contributed by atoms with Crippen molar-refractivity contribution in [1.82, 2.24) is 4.90 Å². The van der Waals surface area contributed by atoms with E-state index >= 15 is 0 Å². The number of nitrogens with zero attached hydrogens (tertiary/aromatic N) is 1. The van der Waals surface area contributed by atoms with Crippen molar-refractivity contribution >= 4 is 20.4 Å². The van der Waals surface area contributed by atoms with Crippen LogP contribution in [0.4, 0.5) is 4.79 Å². The van der Waals surface area contributed by atoms with Crippen molar-refractivity contribution in [2.45, 2.75) is 83.8 Å². The predicted molar refractivity (Wildman–Crippen MR) is 91.1 cm³/mol. The summed E-state index contributed by atoms with van der Waals surface area (Å²) in [6.45, 7) is 17.5. The molecular weight excluding hydrogens is 314 g/mol. The van der Waals surface area contributed by atoms with Crippen molar-refractivity contribution in [3.63, 3.8) is 0 Å². The zero-order valence-corrected chi connectivity index (χ0v) is 16.8. The molecule has 1 amide bonds. The van der Waals surface area contributed by atoms with Gasteiger partial charge in [-0.2, -0.15) is 0 Å². The summed E-state index contributed by atoms with van der Waals surface area (Å²) in [4.78, 5) is 25.3. The van der Waals surface area contributed by atoms with E-state index < -0.39 is 37.6 Å². The fraction of sp³-hybridized carbons (Fsp3) is 0.875. The van der Waals surface area contributed by atoms with Crippen LogP contribution in [0, 0.1) is 0 Å². The Morgan fingerprint density at radius 2 is 1.65 bits per heavy atom. The van der Waals surface area contributed by atoms with Crippen molar-refractivity contribution in [3.8, 4) is 0 Å². The second-order valence-corrected chi connectivity index (χ2v) is 13.7. The van der Waals surface area contributed by atoms with Gasteiger partial charge < -0.3 is 14.3 Å². The van der Waals surface area contributed by atoms with Crippen LogP contribution in [0.1, 0.15) is 48.5 Å². The maximum absolute atomic E-state index is 12.3. The smallest absolute Gasteiger partial charge is 0.411 e. The average molecular weight is 346 g/mol. The second kappa shape index (κ2) is 5.77. The number of amides is 1. The summed E-state index contributed by atoms with van der Waals surface area (Å²) in [5.41, 5.74) is -2.06. The van der Waals surface area contributed by atoms with Crippen LogP contribution in [0.3, 0.4) is 0 Å². The SMILES string of the molecule is CC(C)(C)OC(=O)N1C[C@H](O[Si](C)(C)C(C)(C)C)[C@@]1(C)C(=O)O. The van der Waals surface area contributed by atoms with Crippen molar-refractivity contribution in [2.75, 3.05) is 6.54 Å². The van der Waals surface area contributed by atoms with Crippen LogP contribution < -0.4 is 0 Å². The Bertz CT molecular complexity index is 492. The summed E-state index contributed by atoms with van der Waals surface area (Å²) < 4.78 is 11.5. The standard InChI is InChI=1S/C16H31NO5Si/c1-14(2,3)21-13(20)17-10-11(16(17,7)12(18)19)22-23(8,9)15(4,5)6/h11H,10H2,1-9H3,(H,18,19)/t11-,16-/m0/s1. The Hall–Kier alpha value is -1.08. The molecule has 6 nitrogen and oxygen atoms in total. The van der Waals surface area contributed by atoms with E-state index in [-0.39, 0.29) is 11.6 Å². The first-order chi connectivity index (χ1) is 10.0. The molecule has 0 aliphatic carbocycles. The molecule has 1 N–H and O–H groups in total. The normalized spacial score (nSPS) is 25.8. The number of hydrogen-bond acceptors (Lipinski definition) is 4. The largest absolute Gasteiger partial charge is 0.479 e. The van der Waals surface area contributed by atoms with Crippen LogP contribution >= 0.6 is 0 Å². The first-order valence-electron chi connectivity index (χ1n) is 7.94. The van der Waals surface area contributed by atoms with Gasteiger partial charge >= 0.3 is 12.1 Å². The van der Waals surface area contributed by atoms with Crippen LogP contribution in [0.15, 0.2) is 0 Å². The lowest BCUT2D eigenvalue weighted by Gasteiger charge is -2.55. The third kappa shape index (κ3) is 3.88. The first-order valence-corrected chi connectivity index (χ1v) is 10.8. The Morgan fingerprint density at radius 1 is 1.17 bits per heavy atom. The number of aliphatic carboxylic acids is 1. The number of ether oxygens (including phenoxy) is 1. The van der Waals surface area contributed by atoms with Gasteiger partial charge in [-0.3, -0.25) is 4.90 Å². The summed E-state index contributed by atoms with van der Waals surface area (Å²) in [6.07, 6.45) is -1.13. The second-order valence-electron chi connectivity index (χ2n) is 8.91. The van der Waals surface area contributed by atoms with Gasteiger partial charge in [-0.05, 0) is 45.8 Å². The Labute approximate surface area is 140 Å². The van der Waals surface area contributed by atoms with Gasteiger partial charge in [0.05, 0.1) is 12.6 Å². The van der Waals surface area contributed by atoms with Crippen LogP contribution in [0.2, 0.25) is 18.1 Å². The molecule has 0 aromatic carbocycles. The molecule has 0 aromatic heterocycles. The molecule has 7 heteroatoms. The van der Waals surface area contributed by atoms with Gasteiger partial charge in [0.15, 0.2) is 13.9 Å². The maximum atomic E-state index is 12.3. The van der Waals surface area contributed by atoms with Gasteiger partial charge in [0, 0.05) is 0 Å². The van der Waals surface area contributed by atoms with Crippen molar-refractivity contribution in [3.05, 3.63) is 0 Å². The van der Waals surface area contributed by atoms with Crippen LogP contribution in [-0.2, 0) is 14.0 Å². The van der Waals surface area contributed by atoms with Crippen LogP contribution in [0.25, 0.3) is 0 Å². The topological polar surface area (TPSA) is 76.1 Å². The van der Waals surface area contributed by atoms with E-state index in [1.54, 1.807) is 20.8 Å². The molecule has 23 heavy (non-hydrogen) atoms. The Morgan fingerprint density at radius 3 is 2.00 bits per heavy atom. The third-order valence-electron chi connectivity index (χ3n) is 4.83. The van der Waals surface area contributed by atoms with Crippen molar-refractivity contribution < 1.29 is 23.9 Å². The fourth-order valence-corrected chi connectivity index (χ4v) is 3.48. The average Bonchev–Trinajstić information content (AvgIpc) is 2.28. The van der Waals surface area contributed by atoms with Gasteiger partial charge in [0.2, 0.25) is 0 Å². The van der Waals surface area contributed by atoms with E-state index in [4.69, 9.17) is 9.16 Å². The highest BCUT2D eigenvalue weighted by Gasteiger charge is 2.61. The summed E-state index contributed by atoms with van der Waals surface area (Å²) in [6, 6.07) is 0. The molecule has 1 heterocycles. The molecule has 0 spiro atoms. The minimum Gasteiger partial charge on any atom is -0.479 e. The Balaban J connectivity index is 2.96. The molecule has 134 valence electrons. The summed E-state index contributed by atoms with van der Waals surface area (Å²) >= 11 is 0. The highest BCUT2D eigenvalue weighted by molar-refractivity contribution is 6.74. The fourth-order valence-electron chi connectivity index (χ4n) is 2.11. The molecule has 0 saturated carbocycles. The molecule has 1 saturated heterocycles. The van der Waals surface area contributed by atoms with E-state index in [9.17, 15) is 14.7 Å². The quantitative estimate of drug-likeness (QED) is 0.793. The van der Waals surface area contributed by atoms with E-state index in [0.717, 1.165) is 0 Å². The lowest BCUT2D eigenvalue weighted by molar-refractivity contribution is -0.176. The zero-order valence-electron chi connectivity index (χ0n) is 15.8. The molecule has 0 bridgehead atoms. The first kappa shape index (κ1) is 20.0. The van der Waals surface area contributed by atoms with E-state index in [1.807, 2.05) is 0 Å². The molecule has 1 aliphatic rings. The highest BCUT2D eigenvalue weighted by Crippen LogP contribution is 2.43. The third-order valence-corrected chi connectivity index (χ3v) is 9.31. The number of carboxylic acid groups (broad SMARTS) is 1. The van der Waals surface area contributed by atoms with Gasteiger partial charge in [0.25, 0.3) is 0 Å². The van der Waals surface area contributed by atoms with E-state index in [2.05, 4.69) is 33.9 Å². The number of rotatable bonds is 3. The number of carbonyl (C=O) groups excluding carboxylic acids is 1. The highest BCUT2D eigenvalue weighted by atomic mass is 28.4. The zero-order chi connectivity index (χ0) is 18.4. The minimum absolute atomic E-state index is 0.0290. The molecular formula is C16H31NO5Si. The molecule has 0 radical (unpaired) electrons. The number of carboxylic acids is 1. The summed E-state index contributed by atoms with van der Waals surface area (Å²) in [7, 11) is -2.13. The number of hydrogen-bond donors (Lipinski definition) is 1. The predicted octanol–water partition coefficient (Wildman–Crippen LogP) is 3.47. The minimum atomic E-state index is -2.13. The Kier molecular flexibility index (Phi) is 5.01. The van der Waals surface area contributed by atoms with Gasteiger partial charge in [-0.1, -0.05) is 20.8 Å². The van der Waals surface area contributed by atoms with E-state index in [0.29, 0.717) is 0 Å². The lowest BCUT2D eigenvalue weighted by atomic mass is 9.84. The molecule has 1 rings (SSSR count). The maximum Gasteiger partial charge on any atom is 0.411 e. The summed E-state index contributed by atoms with van der Waals surface area (Å²) in [5, 5.41) is 9.64. The molecule has 0 unspecified atom stereocenters. The molecule has 1 aliphatic heterocycles. The molecule has 1 fully saturated rings. The van der Waals surface area contributed by atoms with Gasteiger partial charge in [0.1, 0.15) is 5.60 Å². The monoisotopic (exact) mass is 345 g/mol. The van der Waals surface area contributed by atoms with Crippen LogP contribution in [0.5, 0.6) is 0 Å². The van der Waals surface area contributed by atoms with Crippen LogP contribution in [-0.4, -0.2) is 54.2 Å². The number of carbonyl (C=O) groups is 2. The summed E-state index contributed by atoms with van der Waals surface area (Å²) in [5.74, 6) is -1.07. The molecule has 0 aromatic rings. The lowest BCUT2D eigenvalue weighted by Crippen LogP contribution is -2.76.